The Balaban J connectivity index is 1.79. The Morgan fingerprint density at radius 3 is 2.36 bits per heavy atom. The van der Waals surface area contributed by atoms with Crippen LogP contribution in [0, 0.1) is 11.8 Å². The first-order valence-electron chi connectivity index (χ1n) is 8.32. The summed E-state index contributed by atoms with van der Waals surface area (Å²) in [5.74, 6) is 1.41. The molecule has 6 nitrogen and oxygen atoms in total. The maximum absolute atomic E-state index is 12.5. The number of amides is 3. The van der Waals surface area contributed by atoms with Crippen LogP contribution in [0.1, 0.15) is 40.0 Å². The van der Waals surface area contributed by atoms with Gasteiger partial charge in [0.15, 0.2) is 0 Å². The Morgan fingerprint density at radius 1 is 1.32 bits per heavy atom. The van der Waals surface area contributed by atoms with Gasteiger partial charge in [0.2, 0.25) is 0 Å². The molecule has 22 heavy (non-hydrogen) atoms. The van der Waals surface area contributed by atoms with E-state index in [2.05, 4.69) is 26.1 Å². The molecule has 1 aliphatic carbocycles. The fourth-order valence-corrected chi connectivity index (χ4v) is 3.03. The van der Waals surface area contributed by atoms with Gasteiger partial charge < -0.3 is 19.9 Å². The van der Waals surface area contributed by atoms with Crippen molar-refractivity contribution < 1.29 is 14.3 Å². The Morgan fingerprint density at radius 2 is 1.91 bits per heavy atom. The van der Waals surface area contributed by atoms with Gasteiger partial charge in [-0.2, -0.15) is 0 Å². The highest BCUT2D eigenvalue weighted by Gasteiger charge is 2.36. The first-order chi connectivity index (χ1) is 10.4. The average molecular weight is 311 g/mol. The number of hydrogen-bond donors (Lipinski definition) is 1. The number of methoxy groups -OCH3 is 1. The van der Waals surface area contributed by atoms with Crippen LogP contribution in [-0.4, -0.2) is 60.8 Å². The van der Waals surface area contributed by atoms with E-state index in [-0.39, 0.29) is 24.2 Å². The molecule has 0 radical (unpaired) electrons. The van der Waals surface area contributed by atoms with E-state index < -0.39 is 0 Å². The zero-order valence-electron chi connectivity index (χ0n) is 14.2. The highest BCUT2D eigenvalue weighted by molar-refractivity contribution is 5.75. The lowest BCUT2D eigenvalue weighted by Gasteiger charge is -2.34. The molecule has 0 bridgehead atoms. The molecule has 2 rings (SSSR count). The predicted molar refractivity (Wildman–Crippen MR) is 84.6 cm³/mol. The summed E-state index contributed by atoms with van der Waals surface area (Å²) in [6, 6.07) is 0.389. The van der Waals surface area contributed by atoms with Crippen molar-refractivity contribution in [2.45, 2.75) is 52.1 Å². The van der Waals surface area contributed by atoms with Crippen LogP contribution in [-0.2, 0) is 4.74 Å². The molecule has 0 aromatic carbocycles. The molecule has 126 valence electrons. The Hall–Kier alpha value is -1.46. The van der Waals surface area contributed by atoms with E-state index in [4.69, 9.17) is 4.74 Å². The van der Waals surface area contributed by atoms with Crippen molar-refractivity contribution in [1.82, 2.24) is 15.1 Å². The van der Waals surface area contributed by atoms with Gasteiger partial charge in [0, 0.05) is 31.7 Å². The second kappa shape index (κ2) is 7.20. The zero-order chi connectivity index (χ0) is 16.3. The van der Waals surface area contributed by atoms with E-state index in [0.29, 0.717) is 19.0 Å². The molecule has 6 heteroatoms. The van der Waals surface area contributed by atoms with Gasteiger partial charge in [-0.05, 0) is 44.9 Å². The lowest BCUT2D eigenvalue weighted by Crippen LogP contribution is -2.52. The molecule has 2 atom stereocenters. The lowest BCUT2D eigenvalue weighted by atomic mass is 10.1. The highest BCUT2D eigenvalue weighted by atomic mass is 16.5. The van der Waals surface area contributed by atoms with E-state index in [9.17, 15) is 9.59 Å². The molecule has 1 saturated heterocycles. The van der Waals surface area contributed by atoms with Crippen LogP contribution in [0.5, 0.6) is 0 Å². The molecule has 2 fully saturated rings. The van der Waals surface area contributed by atoms with Crippen LogP contribution < -0.4 is 5.32 Å². The number of hydrogen-bond acceptors (Lipinski definition) is 3. The summed E-state index contributed by atoms with van der Waals surface area (Å²) in [6.07, 6.45) is 2.52. The SMILES string of the molecule is COC(=O)N1CCC(NC(=O)N(C[C@@H]2C[C@H]2C)C(C)C)CC1. The predicted octanol–water partition coefficient (Wildman–Crippen LogP) is 2.29. The summed E-state index contributed by atoms with van der Waals surface area (Å²) in [5.41, 5.74) is 0. The molecule has 0 aromatic rings. The van der Waals surface area contributed by atoms with Crippen molar-refractivity contribution in [2.24, 2.45) is 11.8 Å². The summed E-state index contributed by atoms with van der Waals surface area (Å²) in [5, 5.41) is 3.13. The summed E-state index contributed by atoms with van der Waals surface area (Å²) in [6.45, 7) is 8.49. The van der Waals surface area contributed by atoms with Gasteiger partial charge in [-0.15, -0.1) is 0 Å². The lowest BCUT2D eigenvalue weighted by molar-refractivity contribution is 0.109. The summed E-state index contributed by atoms with van der Waals surface area (Å²) in [7, 11) is 1.40. The minimum absolute atomic E-state index is 0.0330. The molecule has 0 spiro atoms. The number of carbonyl (C=O) groups is 2. The van der Waals surface area contributed by atoms with Crippen LogP contribution in [0.25, 0.3) is 0 Å². The van der Waals surface area contributed by atoms with E-state index in [0.717, 1.165) is 25.3 Å². The number of nitrogens with zero attached hydrogens (tertiary/aromatic N) is 2. The maximum Gasteiger partial charge on any atom is 0.409 e. The maximum atomic E-state index is 12.5. The topological polar surface area (TPSA) is 61.9 Å². The van der Waals surface area contributed by atoms with Crippen LogP contribution in [0.4, 0.5) is 9.59 Å². The molecular formula is C16H29N3O3. The Labute approximate surface area is 133 Å². The highest BCUT2D eigenvalue weighted by Crippen LogP contribution is 2.38. The van der Waals surface area contributed by atoms with Gasteiger partial charge in [0.05, 0.1) is 7.11 Å². The monoisotopic (exact) mass is 311 g/mol. The van der Waals surface area contributed by atoms with Gasteiger partial charge in [0.1, 0.15) is 0 Å². The summed E-state index contributed by atoms with van der Waals surface area (Å²) >= 11 is 0. The van der Waals surface area contributed by atoms with E-state index >= 15 is 0 Å². The minimum atomic E-state index is -0.281. The summed E-state index contributed by atoms with van der Waals surface area (Å²) < 4.78 is 4.73. The third-order valence-electron chi connectivity index (χ3n) is 4.85. The van der Waals surface area contributed by atoms with E-state index in [1.54, 1.807) is 4.90 Å². The normalized spacial score (nSPS) is 25.0. The number of piperidine rings is 1. The first-order valence-corrected chi connectivity index (χ1v) is 8.32. The molecule has 0 unspecified atom stereocenters. The zero-order valence-corrected chi connectivity index (χ0v) is 14.2. The van der Waals surface area contributed by atoms with Crippen molar-refractivity contribution in [1.29, 1.82) is 0 Å². The smallest absolute Gasteiger partial charge is 0.409 e. The number of likely N-dealkylation sites (tertiary alicyclic amines) is 1. The fraction of sp³-hybridized carbons (Fsp3) is 0.875. The molecule has 3 amide bonds. The number of ether oxygens (including phenoxy) is 1. The van der Waals surface area contributed by atoms with Gasteiger partial charge in [0.25, 0.3) is 0 Å². The third-order valence-corrected chi connectivity index (χ3v) is 4.85. The fourth-order valence-electron chi connectivity index (χ4n) is 3.03. The molecule has 1 heterocycles. The molecule has 1 N–H and O–H groups in total. The van der Waals surface area contributed by atoms with Crippen molar-refractivity contribution >= 4 is 12.1 Å². The van der Waals surface area contributed by atoms with Gasteiger partial charge >= 0.3 is 12.1 Å². The van der Waals surface area contributed by atoms with Crippen molar-refractivity contribution in [3.05, 3.63) is 0 Å². The standard InChI is InChI=1S/C16H29N3O3/c1-11(2)19(10-13-9-12(13)3)15(20)17-14-5-7-18(8-6-14)16(21)22-4/h11-14H,5-10H2,1-4H3,(H,17,20)/t12-,13+/m1/s1. The van der Waals surface area contributed by atoms with Crippen LogP contribution >= 0.6 is 0 Å². The third kappa shape index (κ3) is 4.27. The van der Waals surface area contributed by atoms with Crippen molar-refractivity contribution in [3.63, 3.8) is 0 Å². The number of rotatable bonds is 4. The largest absolute Gasteiger partial charge is 0.453 e. The van der Waals surface area contributed by atoms with Gasteiger partial charge in [-0.3, -0.25) is 0 Å². The van der Waals surface area contributed by atoms with Gasteiger partial charge in [-0.1, -0.05) is 6.92 Å². The minimum Gasteiger partial charge on any atom is -0.453 e. The number of nitrogens with one attached hydrogen (secondary N) is 1. The first kappa shape index (κ1) is 16.9. The van der Waals surface area contributed by atoms with Crippen LogP contribution in [0.2, 0.25) is 0 Å². The number of carbonyl (C=O) groups excluding carboxylic acids is 2. The second-order valence-corrected chi connectivity index (χ2v) is 6.90. The van der Waals surface area contributed by atoms with Crippen molar-refractivity contribution in [3.8, 4) is 0 Å². The summed E-state index contributed by atoms with van der Waals surface area (Å²) in [4.78, 5) is 27.6. The van der Waals surface area contributed by atoms with E-state index in [1.807, 2.05) is 4.90 Å². The molecule has 2 aliphatic rings. The average Bonchev–Trinajstić information content (AvgIpc) is 3.19. The molecule has 1 aliphatic heterocycles. The van der Waals surface area contributed by atoms with Crippen LogP contribution in [0.15, 0.2) is 0 Å². The Kier molecular flexibility index (Phi) is 5.53. The quantitative estimate of drug-likeness (QED) is 0.866. The molecule has 0 aromatic heterocycles. The second-order valence-electron chi connectivity index (χ2n) is 6.90. The number of urea groups is 1. The van der Waals surface area contributed by atoms with E-state index in [1.165, 1.54) is 13.5 Å². The van der Waals surface area contributed by atoms with Gasteiger partial charge in [-0.25, -0.2) is 9.59 Å². The molecular weight excluding hydrogens is 282 g/mol. The van der Waals surface area contributed by atoms with Crippen molar-refractivity contribution in [2.75, 3.05) is 26.7 Å². The van der Waals surface area contributed by atoms with Crippen LogP contribution in [0.3, 0.4) is 0 Å². The molecule has 1 saturated carbocycles. The Bertz CT molecular complexity index is 405.